The van der Waals surface area contributed by atoms with Crippen LogP contribution in [0.1, 0.15) is 22.6 Å². The number of para-hydroxylation sites is 2. The Kier molecular flexibility index (Phi) is 9.86. The molecule has 9 aromatic carbocycles. The molecule has 0 aliphatic heterocycles. The van der Waals surface area contributed by atoms with Crippen molar-refractivity contribution in [2.75, 3.05) is 0 Å². The monoisotopic (exact) mass is 809 g/mol. The van der Waals surface area contributed by atoms with Gasteiger partial charge in [0.2, 0.25) is 0 Å². The first-order valence-corrected chi connectivity index (χ1v) is 23.7. The van der Waals surface area contributed by atoms with Gasteiger partial charge in [0.15, 0.2) is 14.3 Å². The first kappa shape index (κ1) is 37.5. The van der Waals surface area contributed by atoms with Crippen LogP contribution in [0, 0.1) is 0 Å². The summed E-state index contributed by atoms with van der Waals surface area (Å²) in [6.07, 6.45) is 0. The molecule has 1 aliphatic carbocycles. The predicted molar refractivity (Wildman–Crippen MR) is 254 cm³/mol. The Morgan fingerprint density at radius 1 is 0.317 bits per heavy atom. The summed E-state index contributed by atoms with van der Waals surface area (Å²) in [7, 11) is -6.37. The van der Waals surface area contributed by atoms with Crippen LogP contribution < -0.4 is 31.8 Å². The summed E-state index contributed by atoms with van der Waals surface area (Å²) < 4.78 is 30.8. The molecule has 0 spiro atoms. The summed E-state index contributed by atoms with van der Waals surface area (Å²) in [5, 5.41) is 7.47. The number of rotatable bonds is 7. The molecule has 11 rings (SSSR count). The molecule has 0 saturated carbocycles. The van der Waals surface area contributed by atoms with Crippen LogP contribution in [0.5, 0.6) is 0 Å². The third-order valence-electron chi connectivity index (χ3n) is 11.7. The standard InChI is InChI=1S/C43H32O2P2.C12H9N/c44-46(33-18-8-2-9-19-33,34-20-10-3-11-21-34)37-26-28-39-40-29-27-38(31-42(40)43(41(39)30-37)32-16-6-1-7-17-32)47(45,35-22-12-4-13-23-35)36-24-14-5-15-25-36;1-3-7-11-9(5-1)10-6-2-4-8-12(10)13-11/h1-31,43H;1-8,13H. The summed E-state index contributed by atoms with van der Waals surface area (Å²) in [5.74, 6) is -0.110. The first-order chi connectivity index (χ1) is 29.5. The lowest BCUT2D eigenvalue weighted by atomic mass is 9.89. The van der Waals surface area contributed by atoms with Gasteiger partial charge >= 0.3 is 0 Å². The Hall–Kier alpha value is -6.76. The molecule has 1 aromatic heterocycles. The van der Waals surface area contributed by atoms with Gasteiger partial charge in [0, 0.05) is 59.6 Å². The van der Waals surface area contributed by atoms with E-state index in [1.54, 1.807) is 0 Å². The third kappa shape index (κ3) is 6.48. The molecular weight excluding hydrogens is 769 g/mol. The van der Waals surface area contributed by atoms with E-state index in [-0.39, 0.29) is 5.92 Å². The smallest absolute Gasteiger partial charge is 0.171 e. The number of H-pyrrole nitrogens is 1. The van der Waals surface area contributed by atoms with Gasteiger partial charge in [0.05, 0.1) is 0 Å². The van der Waals surface area contributed by atoms with E-state index in [1.165, 1.54) is 21.8 Å². The van der Waals surface area contributed by atoms with Crippen LogP contribution in [-0.2, 0) is 9.13 Å². The van der Waals surface area contributed by atoms with Crippen molar-refractivity contribution in [3.8, 4) is 11.1 Å². The summed E-state index contributed by atoms with van der Waals surface area (Å²) in [5.41, 5.74) is 8.03. The van der Waals surface area contributed by atoms with Crippen molar-refractivity contribution in [1.82, 2.24) is 4.98 Å². The first-order valence-electron chi connectivity index (χ1n) is 20.3. The number of hydrogen-bond donors (Lipinski definition) is 1. The Labute approximate surface area is 350 Å². The van der Waals surface area contributed by atoms with E-state index < -0.39 is 14.3 Å². The zero-order valence-corrected chi connectivity index (χ0v) is 34.6. The highest BCUT2D eigenvalue weighted by atomic mass is 31.2. The number of nitrogens with one attached hydrogen (secondary N) is 1. The van der Waals surface area contributed by atoms with Crippen molar-refractivity contribution >= 4 is 67.9 Å². The molecule has 0 bridgehead atoms. The fourth-order valence-electron chi connectivity index (χ4n) is 8.88. The fourth-order valence-corrected chi connectivity index (χ4v) is 14.2. The summed E-state index contributed by atoms with van der Waals surface area (Å²) in [6, 6.07) is 79.3. The topological polar surface area (TPSA) is 49.9 Å². The Morgan fingerprint density at radius 3 is 1.00 bits per heavy atom. The van der Waals surface area contributed by atoms with Crippen molar-refractivity contribution < 1.29 is 9.13 Å². The zero-order valence-electron chi connectivity index (χ0n) is 32.8. The lowest BCUT2D eigenvalue weighted by Gasteiger charge is -2.23. The maximum Gasteiger partial charge on any atom is 0.171 e. The predicted octanol–water partition coefficient (Wildman–Crippen LogP) is 11.4. The van der Waals surface area contributed by atoms with Gasteiger partial charge in [-0.3, -0.25) is 0 Å². The van der Waals surface area contributed by atoms with Crippen LogP contribution in [0.4, 0.5) is 0 Å². The van der Waals surface area contributed by atoms with Gasteiger partial charge in [-0.25, -0.2) is 0 Å². The average molecular weight is 810 g/mol. The van der Waals surface area contributed by atoms with Crippen LogP contribution in [0.3, 0.4) is 0 Å². The number of hydrogen-bond acceptors (Lipinski definition) is 2. The highest BCUT2D eigenvalue weighted by Gasteiger charge is 2.37. The van der Waals surface area contributed by atoms with Crippen molar-refractivity contribution in [3.63, 3.8) is 0 Å². The quantitative estimate of drug-likeness (QED) is 0.163. The maximum absolute atomic E-state index is 15.4. The van der Waals surface area contributed by atoms with Crippen LogP contribution in [0.2, 0.25) is 0 Å². The van der Waals surface area contributed by atoms with Crippen LogP contribution in [-0.4, -0.2) is 4.98 Å². The number of aromatic amines is 1. The molecule has 5 heteroatoms. The molecular formula is C55H41NO2P2. The second kappa shape index (κ2) is 15.8. The molecule has 60 heavy (non-hydrogen) atoms. The molecule has 10 aromatic rings. The minimum Gasteiger partial charge on any atom is -0.355 e. The highest BCUT2D eigenvalue weighted by molar-refractivity contribution is 7.85. The molecule has 0 fully saturated rings. The van der Waals surface area contributed by atoms with Crippen molar-refractivity contribution in [3.05, 3.63) is 253 Å². The molecule has 0 saturated heterocycles. The van der Waals surface area contributed by atoms with Gasteiger partial charge in [-0.2, -0.15) is 0 Å². The normalized spacial score (nSPS) is 12.4. The second-order valence-electron chi connectivity index (χ2n) is 15.2. The van der Waals surface area contributed by atoms with E-state index in [4.69, 9.17) is 0 Å². The second-order valence-corrected chi connectivity index (χ2v) is 20.7. The van der Waals surface area contributed by atoms with Crippen LogP contribution in [0.25, 0.3) is 32.9 Å². The summed E-state index contributed by atoms with van der Waals surface area (Å²) >= 11 is 0. The van der Waals surface area contributed by atoms with Gasteiger partial charge in [-0.05, 0) is 52.1 Å². The van der Waals surface area contributed by atoms with Gasteiger partial charge in [-0.1, -0.05) is 212 Å². The van der Waals surface area contributed by atoms with E-state index in [1.807, 2.05) is 140 Å². The minimum atomic E-state index is -3.18. The van der Waals surface area contributed by atoms with Crippen molar-refractivity contribution in [2.24, 2.45) is 0 Å². The maximum atomic E-state index is 15.4. The molecule has 288 valence electrons. The lowest BCUT2D eigenvalue weighted by molar-refractivity contribution is 0.591. The Morgan fingerprint density at radius 2 is 0.633 bits per heavy atom. The van der Waals surface area contributed by atoms with Crippen molar-refractivity contribution in [2.45, 2.75) is 5.92 Å². The Bertz CT molecular complexity index is 2920. The minimum absolute atomic E-state index is 0.110. The van der Waals surface area contributed by atoms with Gasteiger partial charge in [0.25, 0.3) is 0 Å². The molecule has 1 heterocycles. The average Bonchev–Trinajstić information content (AvgIpc) is 3.88. The molecule has 3 nitrogen and oxygen atoms in total. The van der Waals surface area contributed by atoms with E-state index >= 15 is 9.13 Å². The lowest BCUT2D eigenvalue weighted by Crippen LogP contribution is -2.25. The molecule has 0 atom stereocenters. The molecule has 1 N–H and O–H groups in total. The van der Waals surface area contributed by atoms with Crippen LogP contribution >= 0.6 is 14.3 Å². The van der Waals surface area contributed by atoms with E-state index in [0.717, 1.165) is 59.6 Å². The molecule has 0 radical (unpaired) electrons. The van der Waals surface area contributed by atoms with Gasteiger partial charge in [-0.15, -0.1) is 0 Å². The fraction of sp³-hybridized carbons (Fsp3) is 0.0182. The Balaban J connectivity index is 0.000000281. The summed E-state index contributed by atoms with van der Waals surface area (Å²) in [4.78, 5) is 3.38. The molecule has 0 amide bonds. The van der Waals surface area contributed by atoms with E-state index in [0.29, 0.717) is 0 Å². The van der Waals surface area contributed by atoms with Gasteiger partial charge < -0.3 is 14.1 Å². The number of fused-ring (bicyclic) bond motifs is 6. The molecule has 1 aliphatic rings. The number of aromatic nitrogens is 1. The van der Waals surface area contributed by atoms with Crippen molar-refractivity contribution in [1.29, 1.82) is 0 Å². The third-order valence-corrected chi connectivity index (χ3v) is 17.8. The summed E-state index contributed by atoms with van der Waals surface area (Å²) in [6.45, 7) is 0. The SMILES string of the molecule is O=P(c1ccccc1)(c1ccccc1)c1ccc2c(c1)C(c1ccccc1)c1cc(P(=O)(c3ccccc3)c3ccccc3)ccc1-2.c1ccc2c(c1)[nH]c1ccccc12. The number of benzene rings is 9. The van der Waals surface area contributed by atoms with Gasteiger partial charge in [0.1, 0.15) is 0 Å². The van der Waals surface area contributed by atoms with E-state index in [9.17, 15) is 0 Å². The zero-order chi connectivity index (χ0) is 40.5. The van der Waals surface area contributed by atoms with Crippen LogP contribution in [0.15, 0.2) is 237 Å². The largest absolute Gasteiger partial charge is 0.355 e. The highest BCUT2D eigenvalue weighted by Crippen LogP contribution is 2.52. The van der Waals surface area contributed by atoms with E-state index in [2.05, 4.69) is 102 Å². The molecule has 0 unspecified atom stereocenters.